The quantitative estimate of drug-likeness (QED) is 0.565. The monoisotopic (exact) mass is 252 g/mol. The molecule has 0 aromatic rings. The Hall–Kier alpha value is 0.274. The van der Waals surface area contributed by atoms with Crippen molar-refractivity contribution in [2.24, 2.45) is 0 Å². The van der Waals surface area contributed by atoms with Gasteiger partial charge in [0.2, 0.25) is 0 Å². The van der Waals surface area contributed by atoms with Gasteiger partial charge in [-0.2, -0.15) is 0 Å². The summed E-state index contributed by atoms with van der Waals surface area (Å²) in [7, 11) is -1.93. The number of hydrogen-bond donors (Lipinski definition) is 0. The fraction of sp³-hybridized carbons (Fsp3) is 1.00. The fourth-order valence-electron chi connectivity index (χ4n) is 1.57. The highest BCUT2D eigenvalue weighted by Gasteiger charge is 2.48. The summed E-state index contributed by atoms with van der Waals surface area (Å²) < 4.78 is 22.8. The van der Waals surface area contributed by atoms with Crippen LogP contribution in [0.1, 0.15) is 34.1 Å². The number of hydrogen-bond acceptors (Lipinski definition) is 4. The van der Waals surface area contributed by atoms with Gasteiger partial charge in [0.15, 0.2) is 0 Å². The van der Waals surface area contributed by atoms with E-state index >= 15 is 0 Å². The van der Waals surface area contributed by atoms with Crippen LogP contribution in [0.5, 0.6) is 0 Å². The van der Waals surface area contributed by atoms with Crippen molar-refractivity contribution in [3.05, 3.63) is 0 Å². The molecule has 0 heterocycles. The van der Waals surface area contributed by atoms with Crippen LogP contribution < -0.4 is 0 Å². The molecule has 15 heavy (non-hydrogen) atoms. The van der Waals surface area contributed by atoms with Crippen molar-refractivity contribution < 1.29 is 17.7 Å². The predicted octanol–water partition coefficient (Wildman–Crippen LogP) is 0.650. The third-order valence-corrected chi connectivity index (χ3v) is 6.63. The van der Waals surface area contributed by atoms with Gasteiger partial charge in [-0.25, -0.2) is 0 Å². The van der Waals surface area contributed by atoms with Gasteiger partial charge in [0.1, 0.15) is 16.2 Å². The van der Waals surface area contributed by atoms with Crippen LogP contribution in [0.15, 0.2) is 0 Å². The van der Waals surface area contributed by atoms with E-state index in [-0.39, 0.29) is 5.73 Å². The molecule has 0 aliphatic rings. The van der Waals surface area contributed by atoms with Crippen molar-refractivity contribution in [1.29, 1.82) is 0 Å². The van der Waals surface area contributed by atoms with E-state index in [9.17, 15) is 0 Å². The maximum absolute atomic E-state index is 5.75. The average Bonchev–Trinajstić information content (AvgIpc) is 2.20. The van der Waals surface area contributed by atoms with Gasteiger partial charge in [0.25, 0.3) is 0 Å². The Morgan fingerprint density at radius 1 is 0.933 bits per heavy atom. The molecule has 0 fully saturated rings. The second-order valence-electron chi connectivity index (χ2n) is 3.04. The summed E-state index contributed by atoms with van der Waals surface area (Å²) in [5.41, 5.74) is -0.0102. The van der Waals surface area contributed by atoms with Crippen molar-refractivity contribution >= 4 is 19.3 Å². The van der Waals surface area contributed by atoms with Crippen molar-refractivity contribution in [1.82, 2.24) is 0 Å². The molecular formula is C9H24O4Si2. The minimum atomic E-state index is -2.61. The van der Waals surface area contributed by atoms with Gasteiger partial charge in [0.05, 0.1) is 0 Å². The van der Waals surface area contributed by atoms with Crippen LogP contribution in [0.2, 0.25) is 0 Å². The van der Waals surface area contributed by atoms with Gasteiger partial charge in [-0.05, 0) is 27.2 Å². The lowest BCUT2D eigenvalue weighted by molar-refractivity contribution is 0.0304. The van der Waals surface area contributed by atoms with E-state index in [0.717, 1.165) is 6.42 Å². The highest BCUT2D eigenvalue weighted by Crippen LogP contribution is 2.19. The molecule has 0 aromatic carbocycles. The first-order valence-corrected chi connectivity index (χ1v) is 8.27. The molecule has 0 spiro atoms. The van der Waals surface area contributed by atoms with Gasteiger partial charge >= 0.3 is 8.80 Å². The first-order chi connectivity index (χ1) is 7.20. The third-order valence-electron chi connectivity index (χ3n) is 2.09. The van der Waals surface area contributed by atoms with Gasteiger partial charge < -0.3 is 17.7 Å². The molecule has 0 N–H and O–H groups in total. The summed E-state index contributed by atoms with van der Waals surface area (Å²) >= 11 is 0. The van der Waals surface area contributed by atoms with E-state index < -0.39 is 8.80 Å². The van der Waals surface area contributed by atoms with Gasteiger partial charge in [-0.3, -0.25) is 0 Å². The Labute approximate surface area is 97.2 Å². The van der Waals surface area contributed by atoms with E-state index in [1.165, 1.54) is 0 Å². The van der Waals surface area contributed by atoms with E-state index in [0.29, 0.717) is 30.3 Å². The lowest BCUT2D eigenvalue weighted by Gasteiger charge is -2.34. The first-order valence-electron chi connectivity index (χ1n) is 5.65. The Morgan fingerprint density at radius 2 is 1.33 bits per heavy atom. The summed E-state index contributed by atoms with van der Waals surface area (Å²) in [6.07, 6.45) is 0.871. The second-order valence-corrected chi connectivity index (χ2v) is 6.22. The fourth-order valence-corrected chi connectivity index (χ4v) is 5.57. The second kappa shape index (κ2) is 8.43. The molecule has 0 saturated carbocycles. The summed E-state index contributed by atoms with van der Waals surface area (Å²) in [5.74, 6) is 0. The molecule has 0 saturated heterocycles. The van der Waals surface area contributed by atoms with E-state index in [1.807, 2.05) is 20.8 Å². The Kier molecular flexibility index (Phi) is 8.58. The molecule has 0 aliphatic heterocycles. The summed E-state index contributed by atoms with van der Waals surface area (Å²) in [6, 6.07) is 0. The predicted molar refractivity (Wildman–Crippen MR) is 65.7 cm³/mol. The Balaban J connectivity index is 4.71. The molecule has 0 aliphatic carbocycles. The number of rotatable bonds is 9. The molecule has 1 unspecified atom stereocenters. The zero-order valence-corrected chi connectivity index (χ0v) is 13.5. The molecule has 4 nitrogen and oxygen atoms in total. The van der Waals surface area contributed by atoms with Gasteiger partial charge in [-0.15, -0.1) is 0 Å². The topological polar surface area (TPSA) is 36.9 Å². The molecule has 0 bridgehead atoms. The third kappa shape index (κ3) is 4.33. The van der Waals surface area contributed by atoms with Crippen LogP contribution in [-0.2, 0) is 17.7 Å². The van der Waals surface area contributed by atoms with Gasteiger partial charge in [-0.1, -0.05) is 6.92 Å². The summed E-state index contributed by atoms with van der Waals surface area (Å²) in [6.45, 7) is 9.76. The van der Waals surface area contributed by atoms with Crippen LogP contribution >= 0.6 is 0 Å². The molecule has 6 heteroatoms. The van der Waals surface area contributed by atoms with Crippen LogP contribution in [0.4, 0.5) is 0 Å². The minimum absolute atomic E-state index is 0.0102. The molecule has 0 rings (SSSR count). The van der Waals surface area contributed by atoms with Crippen molar-refractivity contribution in [2.45, 2.75) is 39.8 Å². The molecular weight excluding hydrogens is 228 g/mol. The highest BCUT2D eigenvalue weighted by atomic mass is 28.4. The molecule has 0 radical (unpaired) electrons. The Morgan fingerprint density at radius 3 is 1.53 bits per heavy atom. The lowest BCUT2D eigenvalue weighted by Crippen LogP contribution is -2.57. The van der Waals surface area contributed by atoms with Crippen LogP contribution in [0.3, 0.4) is 0 Å². The Bertz CT molecular complexity index is 136. The highest BCUT2D eigenvalue weighted by molar-refractivity contribution is 6.62. The molecule has 0 amide bonds. The summed E-state index contributed by atoms with van der Waals surface area (Å²) in [4.78, 5) is 0. The minimum Gasteiger partial charge on any atom is -0.420 e. The van der Waals surface area contributed by atoms with Gasteiger partial charge in [0, 0.05) is 19.8 Å². The molecule has 0 aromatic heterocycles. The maximum Gasteiger partial charge on any atom is 0.529 e. The van der Waals surface area contributed by atoms with E-state index in [2.05, 4.69) is 6.92 Å². The largest absolute Gasteiger partial charge is 0.529 e. The molecule has 92 valence electrons. The van der Waals surface area contributed by atoms with Crippen molar-refractivity contribution in [3.8, 4) is 0 Å². The maximum atomic E-state index is 5.75. The van der Waals surface area contributed by atoms with Crippen molar-refractivity contribution in [3.63, 3.8) is 0 Å². The van der Waals surface area contributed by atoms with Crippen LogP contribution in [-0.4, -0.2) is 44.8 Å². The molecule has 1 atom stereocenters. The first kappa shape index (κ1) is 15.3. The van der Waals surface area contributed by atoms with Crippen molar-refractivity contribution in [2.75, 3.05) is 19.8 Å². The normalized spacial score (nSPS) is 14.4. The SMILES string of the molecule is CCO[Si](OCC)(OCC)C(CC)O[SiH3]. The van der Waals surface area contributed by atoms with Crippen LogP contribution in [0.25, 0.3) is 0 Å². The smallest absolute Gasteiger partial charge is 0.420 e. The zero-order chi connectivity index (χ0) is 11.7. The average molecular weight is 252 g/mol. The van der Waals surface area contributed by atoms with E-state index in [1.54, 1.807) is 0 Å². The van der Waals surface area contributed by atoms with E-state index in [4.69, 9.17) is 17.7 Å². The van der Waals surface area contributed by atoms with Crippen LogP contribution in [0, 0.1) is 0 Å². The standard InChI is InChI=1S/C9H24O4Si2/c1-5-9(13-14)15(10-6-2,11-7-3)12-8-4/h9H,5-8H2,1-4,14H3. The zero-order valence-electron chi connectivity index (χ0n) is 10.5. The summed E-state index contributed by atoms with van der Waals surface area (Å²) in [5, 5.41) is 0. The lowest BCUT2D eigenvalue weighted by atomic mass is 10.5.